The number of carbonyl (C=O) groups excluding carboxylic acids is 1. The fraction of sp³-hybridized carbons (Fsp3) is 0.250. The van der Waals surface area contributed by atoms with Gasteiger partial charge in [0, 0.05) is 17.8 Å². The number of hydrogen-bond donors (Lipinski definition) is 1. The summed E-state index contributed by atoms with van der Waals surface area (Å²) in [5.74, 6) is -4.42. The van der Waals surface area contributed by atoms with Crippen molar-refractivity contribution >= 4 is 17.4 Å². The second-order valence-corrected chi connectivity index (χ2v) is 5.50. The molecule has 3 rings (SSSR count). The van der Waals surface area contributed by atoms with Crippen LogP contribution in [-0.4, -0.2) is 25.5 Å². The van der Waals surface area contributed by atoms with Crippen molar-refractivity contribution in [2.45, 2.75) is 26.7 Å². The zero-order valence-corrected chi connectivity index (χ0v) is 13.5. The van der Waals surface area contributed by atoms with Crippen molar-refractivity contribution in [2.75, 3.05) is 5.32 Å². The highest BCUT2D eigenvalue weighted by atomic mass is 19.2. The Morgan fingerprint density at radius 3 is 2.72 bits per heavy atom. The van der Waals surface area contributed by atoms with Crippen molar-refractivity contribution < 1.29 is 18.0 Å². The molecule has 6 nitrogen and oxygen atoms in total. The molecule has 0 atom stereocenters. The molecule has 0 aliphatic heterocycles. The molecule has 2 aromatic heterocycles. The third kappa shape index (κ3) is 3.17. The van der Waals surface area contributed by atoms with Gasteiger partial charge in [0.1, 0.15) is 6.33 Å². The van der Waals surface area contributed by atoms with Crippen LogP contribution in [0.3, 0.4) is 0 Å². The van der Waals surface area contributed by atoms with Gasteiger partial charge in [0.05, 0.1) is 5.69 Å². The van der Waals surface area contributed by atoms with Gasteiger partial charge in [-0.15, -0.1) is 0 Å². The third-order valence-corrected chi connectivity index (χ3v) is 3.90. The quantitative estimate of drug-likeness (QED) is 0.735. The van der Waals surface area contributed by atoms with E-state index in [0.717, 1.165) is 23.4 Å². The summed E-state index contributed by atoms with van der Waals surface area (Å²) in [5, 5.41) is 6.30. The fourth-order valence-corrected chi connectivity index (χ4v) is 2.59. The predicted molar refractivity (Wildman–Crippen MR) is 83.5 cm³/mol. The molecular weight excluding hydrogens is 335 g/mol. The molecule has 2 heterocycles. The van der Waals surface area contributed by atoms with Crippen molar-refractivity contribution in [3.63, 3.8) is 0 Å². The Bertz CT molecular complexity index is 970. The number of hydrogen-bond acceptors (Lipinski definition) is 4. The summed E-state index contributed by atoms with van der Waals surface area (Å²) >= 11 is 0. The maximum atomic E-state index is 13.6. The smallest absolute Gasteiger partial charge is 0.252 e. The van der Waals surface area contributed by atoms with E-state index < -0.39 is 29.0 Å². The van der Waals surface area contributed by atoms with Crippen molar-refractivity contribution in [3.05, 3.63) is 52.9 Å². The number of carbonyl (C=O) groups is 1. The van der Waals surface area contributed by atoms with Crippen LogP contribution >= 0.6 is 0 Å². The van der Waals surface area contributed by atoms with Crippen LogP contribution in [0.25, 0.3) is 5.78 Å². The summed E-state index contributed by atoms with van der Waals surface area (Å²) in [6, 6.07) is 1.73. The predicted octanol–water partition coefficient (Wildman–Crippen LogP) is 2.73. The third-order valence-electron chi connectivity index (χ3n) is 3.90. The molecule has 0 saturated carbocycles. The van der Waals surface area contributed by atoms with Crippen LogP contribution in [0.4, 0.5) is 18.9 Å². The standard InChI is InChI=1S/C16H14F3N5O/c1-8-10(9(2)24-16(22-8)20-7-21-24)3-6-13(25)23-12-5-4-11(17)14(18)15(12)19/h4-5,7H,3,6H2,1-2H3,(H,23,25). The van der Waals surface area contributed by atoms with Crippen molar-refractivity contribution in [3.8, 4) is 0 Å². The van der Waals surface area contributed by atoms with Gasteiger partial charge in [-0.2, -0.15) is 10.1 Å². The topological polar surface area (TPSA) is 72.2 Å². The van der Waals surface area contributed by atoms with Crippen LogP contribution in [0.15, 0.2) is 18.5 Å². The maximum Gasteiger partial charge on any atom is 0.252 e. The van der Waals surface area contributed by atoms with E-state index in [1.54, 1.807) is 11.4 Å². The monoisotopic (exact) mass is 349 g/mol. The Hall–Kier alpha value is -2.97. The minimum atomic E-state index is -1.62. The summed E-state index contributed by atoms with van der Waals surface area (Å²) in [7, 11) is 0. The Labute approximate surface area is 140 Å². The van der Waals surface area contributed by atoms with Gasteiger partial charge in [0.2, 0.25) is 5.91 Å². The van der Waals surface area contributed by atoms with E-state index in [9.17, 15) is 18.0 Å². The first-order chi connectivity index (χ1) is 11.9. The van der Waals surface area contributed by atoms with Crippen LogP contribution < -0.4 is 5.32 Å². The van der Waals surface area contributed by atoms with Gasteiger partial charge >= 0.3 is 0 Å². The number of nitrogens with zero attached hydrogens (tertiary/aromatic N) is 4. The first kappa shape index (κ1) is 16.9. The van der Waals surface area contributed by atoms with Crippen molar-refractivity contribution in [1.82, 2.24) is 19.6 Å². The number of aromatic nitrogens is 4. The molecule has 130 valence electrons. The van der Waals surface area contributed by atoms with E-state index in [-0.39, 0.29) is 6.42 Å². The molecule has 0 fully saturated rings. The van der Waals surface area contributed by atoms with E-state index in [1.807, 2.05) is 6.92 Å². The maximum absolute atomic E-state index is 13.6. The van der Waals surface area contributed by atoms with E-state index in [4.69, 9.17) is 0 Å². The molecule has 1 aromatic carbocycles. The molecule has 1 N–H and O–H groups in total. The molecule has 1 amide bonds. The van der Waals surface area contributed by atoms with Gasteiger partial charge in [-0.25, -0.2) is 22.7 Å². The summed E-state index contributed by atoms with van der Waals surface area (Å²) in [6.07, 6.45) is 1.73. The lowest BCUT2D eigenvalue weighted by Crippen LogP contribution is -2.15. The van der Waals surface area contributed by atoms with Crippen molar-refractivity contribution in [2.24, 2.45) is 0 Å². The number of amides is 1. The Morgan fingerprint density at radius 2 is 1.96 bits per heavy atom. The highest BCUT2D eigenvalue weighted by Crippen LogP contribution is 2.20. The SMILES string of the molecule is Cc1nc2ncnn2c(C)c1CCC(=O)Nc1ccc(F)c(F)c1F. The largest absolute Gasteiger partial charge is 0.323 e. The molecule has 0 radical (unpaired) electrons. The number of nitrogens with one attached hydrogen (secondary N) is 1. The molecule has 0 bridgehead atoms. The number of halogens is 3. The van der Waals surface area contributed by atoms with Gasteiger partial charge in [0.15, 0.2) is 17.5 Å². The normalized spacial score (nSPS) is 11.1. The van der Waals surface area contributed by atoms with E-state index in [0.29, 0.717) is 17.9 Å². The lowest BCUT2D eigenvalue weighted by molar-refractivity contribution is -0.116. The first-order valence-corrected chi connectivity index (χ1v) is 7.47. The second kappa shape index (κ2) is 6.50. The summed E-state index contributed by atoms with van der Waals surface area (Å²) in [4.78, 5) is 20.3. The van der Waals surface area contributed by atoms with Gasteiger partial charge in [-0.05, 0) is 38.0 Å². The average Bonchev–Trinajstić information content (AvgIpc) is 3.03. The first-order valence-electron chi connectivity index (χ1n) is 7.47. The fourth-order valence-electron chi connectivity index (χ4n) is 2.59. The lowest BCUT2D eigenvalue weighted by Gasteiger charge is -2.11. The minimum Gasteiger partial charge on any atom is -0.323 e. The van der Waals surface area contributed by atoms with E-state index in [2.05, 4.69) is 20.4 Å². The van der Waals surface area contributed by atoms with Gasteiger partial charge < -0.3 is 5.32 Å². The summed E-state index contributed by atoms with van der Waals surface area (Å²) in [5.41, 5.74) is 1.93. The Balaban J connectivity index is 1.74. The molecule has 0 aliphatic rings. The molecule has 9 heteroatoms. The molecular formula is C16H14F3N5O. The molecule has 3 aromatic rings. The Kier molecular flexibility index (Phi) is 4.39. The van der Waals surface area contributed by atoms with Crippen LogP contribution in [0.2, 0.25) is 0 Å². The number of fused-ring (bicyclic) bond motifs is 1. The van der Waals surface area contributed by atoms with E-state index >= 15 is 0 Å². The van der Waals surface area contributed by atoms with E-state index in [1.165, 1.54) is 6.33 Å². The zero-order chi connectivity index (χ0) is 18.1. The summed E-state index contributed by atoms with van der Waals surface area (Å²) in [6.45, 7) is 3.63. The number of benzene rings is 1. The second-order valence-electron chi connectivity index (χ2n) is 5.50. The van der Waals surface area contributed by atoms with Gasteiger partial charge in [-0.3, -0.25) is 4.79 Å². The zero-order valence-electron chi connectivity index (χ0n) is 13.5. The van der Waals surface area contributed by atoms with Crippen LogP contribution in [0, 0.1) is 31.3 Å². The highest BCUT2D eigenvalue weighted by Gasteiger charge is 2.16. The van der Waals surface area contributed by atoms with Gasteiger partial charge in [0.25, 0.3) is 5.78 Å². The lowest BCUT2D eigenvalue weighted by atomic mass is 10.1. The van der Waals surface area contributed by atoms with Crippen LogP contribution in [-0.2, 0) is 11.2 Å². The Morgan fingerprint density at radius 1 is 1.20 bits per heavy atom. The molecule has 25 heavy (non-hydrogen) atoms. The number of aryl methyl sites for hydroxylation is 2. The van der Waals surface area contributed by atoms with Gasteiger partial charge in [-0.1, -0.05) is 0 Å². The summed E-state index contributed by atoms with van der Waals surface area (Å²) < 4.78 is 41.3. The van der Waals surface area contributed by atoms with Crippen LogP contribution in [0.1, 0.15) is 23.4 Å². The number of rotatable bonds is 4. The van der Waals surface area contributed by atoms with Crippen molar-refractivity contribution in [1.29, 1.82) is 0 Å². The molecule has 0 spiro atoms. The van der Waals surface area contributed by atoms with Crippen LogP contribution in [0.5, 0.6) is 0 Å². The average molecular weight is 349 g/mol. The minimum absolute atomic E-state index is 0.0159. The molecule has 0 saturated heterocycles. The number of anilines is 1. The molecule has 0 aliphatic carbocycles. The molecule has 0 unspecified atom stereocenters. The highest BCUT2D eigenvalue weighted by molar-refractivity contribution is 5.91.